The molecule has 0 radical (unpaired) electrons. The van der Waals surface area contributed by atoms with Crippen LogP contribution in [0.5, 0.6) is 0 Å². The van der Waals surface area contributed by atoms with E-state index in [2.05, 4.69) is 0 Å². The van der Waals surface area contributed by atoms with Gasteiger partial charge in [0.2, 0.25) is 10.0 Å². The number of carbonyl (C=O) groups is 1. The van der Waals surface area contributed by atoms with Gasteiger partial charge in [-0.25, -0.2) is 8.42 Å². The van der Waals surface area contributed by atoms with Crippen LogP contribution < -0.4 is 5.49 Å². The molecule has 7 heteroatoms. The monoisotopic (exact) mass is 413 g/mol. The van der Waals surface area contributed by atoms with Gasteiger partial charge < -0.3 is 0 Å². The summed E-state index contributed by atoms with van der Waals surface area (Å²) < 4.78 is 28.7. The number of hydrogen-bond acceptors (Lipinski definition) is 4. The molecule has 1 aliphatic carbocycles. The number of benzene rings is 1. The van der Waals surface area contributed by atoms with Crippen LogP contribution in [0.2, 0.25) is 0 Å². The maximum atomic E-state index is 13.2. The Morgan fingerprint density at radius 1 is 0.931 bits per heavy atom. The van der Waals surface area contributed by atoms with Gasteiger partial charge in [-0.05, 0) is 56.0 Å². The summed E-state index contributed by atoms with van der Waals surface area (Å²) in [6.07, 6.45) is 9.15. The Labute approximate surface area is 171 Å². The van der Waals surface area contributed by atoms with E-state index in [-0.39, 0.29) is 16.8 Å². The van der Waals surface area contributed by atoms with Gasteiger partial charge in [0.05, 0.1) is 10.9 Å². The molecule has 29 heavy (non-hydrogen) atoms. The van der Waals surface area contributed by atoms with Crippen molar-refractivity contribution in [3.8, 4) is 0 Å². The van der Waals surface area contributed by atoms with Crippen LogP contribution in [0.3, 0.4) is 0 Å². The molecule has 0 unspecified atom stereocenters. The topological polar surface area (TPSA) is 71.7 Å². The molecule has 0 N–H and O–H groups in total. The third-order valence-electron chi connectivity index (χ3n) is 5.73. The van der Waals surface area contributed by atoms with Crippen LogP contribution in [0.15, 0.2) is 58.5 Å². The Morgan fingerprint density at radius 2 is 1.69 bits per heavy atom. The lowest BCUT2D eigenvalue weighted by atomic mass is 9.96. The van der Waals surface area contributed by atoms with Gasteiger partial charge in [-0.15, -0.1) is 0 Å². The molecule has 1 aromatic heterocycles. The normalized spacial score (nSPS) is 19.5. The Bertz CT molecular complexity index is 1050. The summed E-state index contributed by atoms with van der Waals surface area (Å²) in [5.41, 5.74) is 0.971. The molecule has 4 rings (SSSR count). The van der Waals surface area contributed by atoms with E-state index in [1.165, 1.54) is 34.2 Å². The lowest BCUT2D eigenvalue weighted by Crippen LogP contribution is -2.30. The lowest BCUT2D eigenvalue weighted by Gasteiger charge is -2.18. The highest BCUT2D eigenvalue weighted by atomic mass is 32.2. The molecular formula is C22H27N3O3S. The summed E-state index contributed by atoms with van der Waals surface area (Å²) >= 11 is 0. The van der Waals surface area contributed by atoms with Gasteiger partial charge in [0.15, 0.2) is 0 Å². The number of nitrogens with zero attached hydrogens (tertiary/aromatic N) is 3. The zero-order valence-corrected chi connectivity index (χ0v) is 17.4. The number of hydrogen-bond donors (Lipinski definition) is 0. The summed E-state index contributed by atoms with van der Waals surface area (Å²) in [5.74, 6) is -0.265. The standard InChI is InChI=1S/C22H27N3O3S/c26-22(25-16-5-4-13-21(25)23-19-10-2-1-3-11-19)18-9-8-12-20(17-18)29(27,28)24-14-6-7-15-24/h4-5,8-9,12-13,16-17,19H,1-3,6-7,10-11,14-15H2. The maximum Gasteiger partial charge on any atom is 0.263 e. The predicted molar refractivity (Wildman–Crippen MR) is 111 cm³/mol. The first kappa shape index (κ1) is 20.0. The van der Waals surface area contributed by atoms with Gasteiger partial charge in [-0.3, -0.25) is 14.4 Å². The Balaban J connectivity index is 1.67. The number of aromatic nitrogens is 1. The van der Waals surface area contributed by atoms with Crippen molar-refractivity contribution in [2.75, 3.05) is 13.1 Å². The highest BCUT2D eigenvalue weighted by molar-refractivity contribution is 7.89. The summed E-state index contributed by atoms with van der Waals surface area (Å²) in [5, 5.41) is 0. The summed E-state index contributed by atoms with van der Waals surface area (Å²) in [6, 6.07) is 12.1. The van der Waals surface area contributed by atoms with Crippen molar-refractivity contribution in [2.45, 2.75) is 55.9 Å². The predicted octanol–water partition coefficient (Wildman–Crippen LogP) is 3.19. The van der Waals surface area contributed by atoms with Gasteiger partial charge in [0, 0.05) is 24.8 Å². The minimum Gasteiger partial charge on any atom is -0.268 e. The van der Waals surface area contributed by atoms with Crippen molar-refractivity contribution < 1.29 is 13.2 Å². The van der Waals surface area contributed by atoms with Crippen molar-refractivity contribution in [1.82, 2.24) is 8.87 Å². The minimum absolute atomic E-state index is 0.174. The molecule has 1 saturated carbocycles. The van der Waals surface area contributed by atoms with Crippen molar-refractivity contribution in [3.05, 3.63) is 59.7 Å². The van der Waals surface area contributed by atoms with Crippen LogP contribution in [0.1, 0.15) is 55.3 Å². The zero-order chi connectivity index (χ0) is 20.3. The number of sulfonamides is 1. The fourth-order valence-electron chi connectivity index (χ4n) is 4.11. The second-order valence-corrected chi connectivity index (χ2v) is 9.73. The molecule has 0 amide bonds. The van der Waals surface area contributed by atoms with Crippen LogP contribution in [0.4, 0.5) is 0 Å². The van der Waals surface area contributed by atoms with E-state index < -0.39 is 10.0 Å². The van der Waals surface area contributed by atoms with E-state index >= 15 is 0 Å². The number of carbonyl (C=O) groups excluding carboxylic acids is 1. The number of pyridine rings is 1. The molecule has 154 valence electrons. The second-order valence-electron chi connectivity index (χ2n) is 7.79. The highest BCUT2D eigenvalue weighted by Gasteiger charge is 2.27. The molecule has 6 nitrogen and oxygen atoms in total. The fourth-order valence-corrected chi connectivity index (χ4v) is 5.68. The molecule has 2 aromatic rings. The minimum atomic E-state index is -3.56. The Kier molecular flexibility index (Phi) is 5.96. The summed E-state index contributed by atoms with van der Waals surface area (Å²) in [6.45, 7) is 1.08. The Morgan fingerprint density at radius 3 is 2.45 bits per heavy atom. The average molecular weight is 414 g/mol. The molecule has 0 spiro atoms. The fraction of sp³-hybridized carbons (Fsp3) is 0.455. The molecule has 2 heterocycles. The van der Waals surface area contributed by atoms with Crippen LogP contribution >= 0.6 is 0 Å². The third-order valence-corrected chi connectivity index (χ3v) is 7.63. The molecule has 1 aromatic carbocycles. The zero-order valence-electron chi connectivity index (χ0n) is 16.5. The van der Waals surface area contributed by atoms with Crippen molar-refractivity contribution in [2.24, 2.45) is 4.99 Å². The van der Waals surface area contributed by atoms with E-state index in [4.69, 9.17) is 4.99 Å². The second kappa shape index (κ2) is 8.63. The van der Waals surface area contributed by atoms with E-state index in [1.54, 1.807) is 30.5 Å². The first-order valence-electron chi connectivity index (χ1n) is 10.4. The van der Waals surface area contributed by atoms with Gasteiger partial charge in [0.25, 0.3) is 5.91 Å². The molecule has 2 fully saturated rings. The number of rotatable bonds is 4. The molecule has 1 saturated heterocycles. The van der Waals surface area contributed by atoms with Gasteiger partial charge in [0.1, 0.15) is 5.49 Å². The van der Waals surface area contributed by atoms with Gasteiger partial charge >= 0.3 is 0 Å². The van der Waals surface area contributed by atoms with E-state index in [0.717, 1.165) is 25.7 Å². The van der Waals surface area contributed by atoms with Crippen molar-refractivity contribution in [1.29, 1.82) is 0 Å². The highest BCUT2D eigenvalue weighted by Crippen LogP contribution is 2.22. The maximum absolute atomic E-state index is 13.2. The van der Waals surface area contributed by atoms with Crippen molar-refractivity contribution in [3.63, 3.8) is 0 Å². The van der Waals surface area contributed by atoms with Crippen LogP contribution in [-0.4, -0.2) is 42.3 Å². The van der Waals surface area contributed by atoms with Crippen LogP contribution in [0, 0.1) is 0 Å². The van der Waals surface area contributed by atoms with Crippen LogP contribution in [-0.2, 0) is 10.0 Å². The SMILES string of the molecule is O=C(c1cccc(S(=O)(=O)N2CCCC2)c1)n1ccccc1=NC1CCCCC1. The Hall–Kier alpha value is -2.25. The third kappa shape index (κ3) is 4.36. The first-order valence-corrected chi connectivity index (χ1v) is 11.9. The first-order chi connectivity index (χ1) is 14.1. The lowest BCUT2D eigenvalue weighted by molar-refractivity contribution is 0.0954. The smallest absolute Gasteiger partial charge is 0.263 e. The van der Waals surface area contributed by atoms with Crippen LogP contribution in [0.25, 0.3) is 0 Å². The largest absolute Gasteiger partial charge is 0.268 e. The molecule has 2 aliphatic rings. The quantitative estimate of drug-likeness (QED) is 0.773. The van der Waals surface area contributed by atoms with Crippen molar-refractivity contribution >= 4 is 15.9 Å². The van der Waals surface area contributed by atoms with Gasteiger partial charge in [-0.2, -0.15) is 4.31 Å². The van der Waals surface area contributed by atoms with Gasteiger partial charge in [-0.1, -0.05) is 31.4 Å². The molecular weight excluding hydrogens is 386 g/mol. The van der Waals surface area contributed by atoms with E-state index in [1.807, 2.05) is 12.1 Å². The molecule has 0 bridgehead atoms. The molecule has 0 atom stereocenters. The summed E-state index contributed by atoms with van der Waals surface area (Å²) in [7, 11) is -3.56. The van der Waals surface area contributed by atoms with E-state index in [0.29, 0.717) is 24.1 Å². The molecule has 1 aliphatic heterocycles. The summed E-state index contributed by atoms with van der Waals surface area (Å²) in [4.78, 5) is 18.2. The van der Waals surface area contributed by atoms with E-state index in [9.17, 15) is 13.2 Å². The average Bonchev–Trinajstić information content (AvgIpc) is 3.30.